The minimum absolute atomic E-state index is 0.00478. The number of nitrogens with zero attached hydrogens (tertiary/aromatic N) is 2. The molecule has 2 amide bonds. The predicted octanol–water partition coefficient (Wildman–Crippen LogP) is 2.20. The maximum absolute atomic E-state index is 13.0. The lowest BCUT2D eigenvalue weighted by Crippen LogP contribution is -2.35. The van der Waals surface area contributed by atoms with Gasteiger partial charge in [-0.2, -0.15) is 4.31 Å². The number of amides is 2. The number of fused-ring (bicyclic) bond motifs is 1. The highest BCUT2D eigenvalue weighted by Gasteiger charge is 2.32. The number of sulfonamides is 1. The third-order valence-electron chi connectivity index (χ3n) is 4.69. The van der Waals surface area contributed by atoms with Gasteiger partial charge in [-0.05, 0) is 37.1 Å². The van der Waals surface area contributed by atoms with Crippen LogP contribution in [0.3, 0.4) is 0 Å². The quantitative estimate of drug-likeness (QED) is 0.771. The fraction of sp³-hybridized carbons (Fsp3) is 0.389. The molecule has 1 aliphatic carbocycles. The highest BCUT2D eigenvalue weighted by Crippen LogP contribution is 2.34. The van der Waals surface area contributed by atoms with Crippen LogP contribution in [-0.2, 0) is 32.6 Å². The molecule has 1 saturated carbocycles. The number of carbonyl (C=O) groups excluding carboxylic acids is 2. The van der Waals surface area contributed by atoms with Crippen molar-refractivity contribution in [2.24, 2.45) is 5.92 Å². The molecular weight excluding hydrogens is 400 g/mol. The molecule has 1 aromatic carbocycles. The fourth-order valence-corrected chi connectivity index (χ4v) is 5.56. The van der Waals surface area contributed by atoms with Crippen LogP contribution >= 0.6 is 11.3 Å². The molecule has 4 rings (SSSR count). The fourth-order valence-electron chi connectivity index (χ4n) is 3.05. The van der Waals surface area contributed by atoms with Crippen LogP contribution in [0.4, 0.5) is 10.8 Å². The first-order valence-corrected chi connectivity index (χ1v) is 11.3. The maximum atomic E-state index is 13.0. The first kappa shape index (κ1) is 19.0. The van der Waals surface area contributed by atoms with Crippen molar-refractivity contribution in [3.8, 4) is 0 Å². The molecule has 1 aromatic heterocycles. The van der Waals surface area contributed by atoms with Crippen LogP contribution in [0, 0.1) is 5.92 Å². The summed E-state index contributed by atoms with van der Waals surface area (Å²) in [6.45, 7) is 1.97. The van der Waals surface area contributed by atoms with Gasteiger partial charge in [0.15, 0.2) is 5.13 Å². The van der Waals surface area contributed by atoms with Gasteiger partial charge in [-0.1, -0.05) is 0 Å². The maximum Gasteiger partial charge on any atom is 0.243 e. The summed E-state index contributed by atoms with van der Waals surface area (Å²) in [5.41, 5.74) is 1.40. The van der Waals surface area contributed by atoms with Gasteiger partial charge in [-0.3, -0.25) is 9.59 Å². The summed E-state index contributed by atoms with van der Waals surface area (Å²) in [7, 11) is -3.66. The van der Waals surface area contributed by atoms with Gasteiger partial charge in [0.1, 0.15) is 0 Å². The molecule has 0 unspecified atom stereocenters. The van der Waals surface area contributed by atoms with Gasteiger partial charge < -0.3 is 10.6 Å². The normalized spacial score (nSPS) is 17.0. The number of rotatable bonds is 5. The summed E-state index contributed by atoms with van der Waals surface area (Å²) in [4.78, 5) is 28.5. The second-order valence-corrected chi connectivity index (χ2v) is 9.97. The summed E-state index contributed by atoms with van der Waals surface area (Å²) < 4.78 is 27.4. The standard InChI is InChI=1S/C18H20N4O4S2/c1-11(23)19-13-4-6-14(7-5-13)28(25,26)22-9-8-15-16(10-22)27-18(20-15)21-17(24)12-2-3-12/h4-7,12H,2-3,8-10H2,1H3,(H,19,23)(H,20,21,24). The lowest BCUT2D eigenvalue weighted by molar-refractivity contribution is -0.117. The smallest absolute Gasteiger partial charge is 0.243 e. The van der Waals surface area contributed by atoms with Crippen molar-refractivity contribution in [2.45, 2.75) is 37.6 Å². The molecule has 0 spiro atoms. The minimum Gasteiger partial charge on any atom is -0.326 e. The van der Waals surface area contributed by atoms with Crippen LogP contribution in [0.5, 0.6) is 0 Å². The predicted molar refractivity (Wildman–Crippen MR) is 106 cm³/mol. The zero-order valence-electron chi connectivity index (χ0n) is 15.3. The molecule has 0 bridgehead atoms. The van der Waals surface area contributed by atoms with Gasteiger partial charge in [-0.25, -0.2) is 13.4 Å². The van der Waals surface area contributed by atoms with Crippen molar-refractivity contribution in [3.05, 3.63) is 34.8 Å². The Labute approximate surface area is 167 Å². The SMILES string of the molecule is CC(=O)Nc1ccc(S(=O)(=O)N2CCc3nc(NC(=O)C4CC4)sc3C2)cc1. The van der Waals surface area contributed by atoms with E-state index in [9.17, 15) is 18.0 Å². The van der Waals surface area contributed by atoms with E-state index in [4.69, 9.17) is 0 Å². The second-order valence-electron chi connectivity index (χ2n) is 6.95. The average Bonchev–Trinajstić information content (AvgIpc) is 3.42. The van der Waals surface area contributed by atoms with E-state index in [1.165, 1.54) is 34.7 Å². The topological polar surface area (TPSA) is 108 Å². The zero-order valence-corrected chi connectivity index (χ0v) is 16.9. The first-order valence-electron chi connectivity index (χ1n) is 9.00. The number of benzene rings is 1. The van der Waals surface area contributed by atoms with Crippen LogP contribution in [0.15, 0.2) is 29.2 Å². The summed E-state index contributed by atoms with van der Waals surface area (Å²) in [5.74, 6) is -0.123. The van der Waals surface area contributed by atoms with E-state index in [1.54, 1.807) is 12.1 Å². The largest absolute Gasteiger partial charge is 0.326 e. The molecule has 2 heterocycles. The molecule has 0 atom stereocenters. The number of hydrogen-bond acceptors (Lipinski definition) is 6. The Kier molecular flexibility index (Phi) is 4.94. The van der Waals surface area contributed by atoms with Crippen LogP contribution in [0.1, 0.15) is 30.3 Å². The third-order valence-corrected chi connectivity index (χ3v) is 7.54. The van der Waals surface area contributed by atoms with Gasteiger partial charge in [-0.15, -0.1) is 11.3 Å². The third kappa shape index (κ3) is 3.94. The van der Waals surface area contributed by atoms with Crippen LogP contribution in [0.2, 0.25) is 0 Å². The van der Waals surface area contributed by atoms with Crippen molar-refractivity contribution in [2.75, 3.05) is 17.2 Å². The number of hydrogen-bond donors (Lipinski definition) is 2. The average molecular weight is 421 g/mol. The Morgan fingerprint density at radius 2 is 1.89 bits per heavy atom. The lowest BCUT2D eigenvalue weighted by atomic mass is 10.2. The summed E-state index contributed by atoms with van der Waals surface area (Å²) in [6.07, 6.45) is 2.35. The lowest BCUT2D eigenvalue weighted by Gasteiger charge is -2.25. The Morgan fingerprint density at radius 3 is 2.54 bits per heavy atom. The summed E-state index contributed by atoms with van der Waals surface area (Å²) >= 11 is 1.34. The molecule has 28 heavy (non-hydrogen) atoms. The van der Waals surface area contributed by atoms with Gasteiger partial charge in [0.2, 0.25) is 21.8 Å². The molecule has 8 nitrogen and oxygen atoms in total. The van der Waals surface area contributed by atoms with Crippen LogP contribution in [0.25, 0.3) is 0 Å². The molecule has 2 aromatic rings. The summed E-state index contributed by atoms with van der Waals surface area (Å²) in [6, 6.07) is 6.12. The number of carbonyl (C=O) groups is 2. The molecule has 0 saturated heterocycles. The molecule has 1 fully saturated rings. The van der Waals surface area contributed by atoms with E-state index in [-0.39, 0.29) is 29.2 Å². The van der Waals surface area contributed by atoms with E-state index in [2.05, 4.69) is 15.6 Å². The Balaban J connectivity index is 1.48. The number of anilines is 2. The van der Waals surface area contributed by atoms with Crippen LogP contribution < -0.4 is 10.6 Å². The van der Waals surface area contributed by atoms with Crippen molar-refractivity contribution in [1.29, 1.82) is 0 Å². The summed E-state index contributed by atoms with van der Waals surface area (Å²) in [5, 5.41) is 5.99. The van der Waals surface area contributed by atoms with E-state index >= 15 is 0 Å². The van der Waals surface area contributed by atoms with Gasteiger partial charge in [0.25, 0.3) is 0 Å². The Morgan fingerprint density at radius 1 is 1.18 bits per heavy atom. The molecular formula is C18H20N4O4S2. The van der Waals surface area contributed by atoms with Gasteiger partial charge >= 0.3 is 0 Å². The molecule has 2 N–H and O–H groups in total. The van der Waals surface area contributed by atoms with Gasteiger partial charge in [0.05, 0.1) is 17.1 Å². The van der Waals surface area contributed by atoms with Crippen molar-refractivity contribution in [3.63, 3.8) is 0 Å². The van der Waals surface area contributed by atoms with Gasteiger partial charge in [0, 0.05) is 36.4 Å². The van der Waals surface area contributed by atoms with E-state index in [0.29, 0.717) is 23.8 Å². The number of aromatic nitrogens is 1. The Hall–Kier alpha value is -2.30. The van der Waals surface area contributed by atoms with E-state index < -0.39 is 10.0 Å². The number of nitrogens with one attached hydrogen (secondary N) is 2. The monoisotopic (exact) mass is 420 g/mol. The van der Waals surface area contributed by atoms with E-state index in [0.717, 1.165) is 23.4 Å². The highest BCUT2D eigenvalue weighted by molar-refractivity contribution is 7.89. The van der Waals surface area contributed by atoms with Crippen LogP contribution in [-0.4, -0.2) is 36.1 Å². The first-order chi connectivity index (χ1) is 13.3. The molecule has 10 heteroatoms. The van der Waals surface area contributed by atoms with Crippen molar-refractivity contribution in [1.82, 2.24) is 9.29 Å². The second kappa shape index (κ2) is 7.26. The Bertz CT molecular complexity index is 1030. The minimum atomic E-state index is -3.66. The zero-order chi connectivity index (χ0) is 19.9. The van der Waals surface area contributed by atoms with Crippen molar-refractivity contribution >= 4 is 44.0 Å². The number of thiazole rings is 1. The van der Waals surface area contributed by atoms with E-state index in [1.807, 2.05) is 0 Å². The molecule has 2 aliphatic rings. The molecule has 148 valence electrons. The highest BCUT2D eigenvalue weighted by atomic mass is 32.2. The molecule has 1 aliphatic heterocycles. The van der Waals surface area contributed by atoms with Crippen molar-refractivity contribution < 1.29 is 18.0 Å². The molecule has 0 radical (unpaired) electrons.